The highest BCUT2D eigenvalue weighted by Crippen LogP contribution is 2.23. The maximum absolute atomic E-state index is 12.4. The fourth-order valence-corrected chi connectivity index (χ4v) is 3.03. The van der Waals surface area contributed by atoms with Gasteiger partial charge in [0.2, 0.25) is 9.84 Å². The van der Waals surface area contributed by atoms with Crippen LogP contribution in [0.1, 0.15) is 0 Å². The van der Waals surface area contributed by atoms with E-state index in [1.807, 2.05) is 6.07 Å². The summed E-state index contributed by atoms with van der Waals surface area (Å²) in [7, 11) is -3.54. The van der Waals surface area contributed by atoms with E-state index in [4.69, 9.17) is 16.9 Å². The van der Waals surface area contributed by atoms with Crippen LogP contribution in [0.2, 0.25) is 5.02 Å². The van der Waals surface area contributed by atoms with E-state index in [2.05, 4.69) is 5.32 Å². The van der Waals surface area contributed by atoms with Gasteiger partial charge in [0, 0.05) is 10.7 Å². The lowest BCUT2D eigenvalue weighted by Gasteiger charge is -2.06. The first-order valence-electron chi connectivity index (χ1n) is 5.75. The highest BCUT2D eigenvalue weighted by Gasteiger charge is 2.17. The van der Waals surface area contributed by atoms with E-state index in [1.165, 1.54) is 36.4 Å². The Hall–Kier alpha value is -2.03. The van der Waals surface area contributed by atoms with Crippen molar-refractivity contribution in [1.82, 2.24) is 0 Å². The highest BCUT2D eigenvalue weighted by molar-refractivity contribution is 7.91. The Kier molecular flexibility index (Phi) is 4.28. The van der Waals surface area contributed by atoms with Crippen LogP contribution in [0.25, 0.3) is 0 Å². The summed E-state index contributed by atoms with van der Waals surface area (Å²) < 4.78 is 24.7. The number of halogens is 1. The van der Waals surface area contributed by atoms with Crippen molar-refractivity contribution in [2.75, 3.05) is 11.9 Å². The van der Waals surface area contributed by atoms with Crippen LogP contribution in [0, 0.1) is 11.3 Å². The number of nitrogens with one attached hydrogen (secondary N) is 1. The van der Waals surface area contributed by atoms with Gasteiger partial charge in [0.25, 0.3) is 0 Å². The van der Waals surface area contributed by atoms with Gasteiger partial charge in [-0.25, -0.2) is 8.42 Å². The van der Waals surface area contributed by atoms with Crippen LogP contribution in [0.4, 0.5) is 5.69 Å². The fraction of sp³-hybridized carbons (Fsp3) is 0.0714. The molecule has 0 saturated heterocycles. The average molecular weight is 307 g/mol. The van der Waals surface area contributed by atoms with Crippen LogP contribution in [0.3, 0.4) is 0 Å². The standard InChI is InChI=1S/C14H11ClN2O2S/c15-11-1-5-13(6-2-11)20(18,19)14-7-3-12(4-8-14)17-10-9-16/h1-8,17H,10H2. The van der Waals surface area contributed by atoms with Crippen molar-refractivity contribution in [3.05, 3.63) is 53.6 Å². The molecule has 0 bridgehead atoms. The van der Waals surface area contributed by atoms with Crippen LogP contribution in [-0.4, -0.2) is 15.0 Å². The lowest BCUT2D eigenvalue weighted by molar-refractivity contribution is 0.596. The van der Waals surface area contributed by atoms with E-state index in [1.54, 1.807) is 12.1 Å². The van der Waals surface area contributed by atoms with Crippen LogP contribution < -0.4 is 5.32 Å². The predicted molar refractivity (Wildman–Crippen MR) is 77.4 cm³/mol. The molecule has 0 aromatic heterocycles. The van der Waals surface area contributed by atoms with Crippen molar-refractivity contribution in [3.63, 3.8) is 0 Å². The first kappa shape index (κ1) is 14.4. The molecule has 4 nitrogen and oxygen atoms in total. The van der Waals surface area contributed by atoms with Gasteiger partial charge in [-0.2, -0.15) is 5.26 Å². The molecule has 2 aromatic rings. The molecule has 1 N–H and O–H groups in total. The van der Waals surface area contributed by atoms with Gasteiger partial charge in [0.05, 0.1) is 15.9 Å². The van der Waals surface area contributed by atoms with Gasteiger partial charge in [-0.1, -0.05) is 11.6 Å². The zero-order valence-electron chi connectivity index (χ0n) is 10.4. The molecule has 102 valence electrons. The molecular formula is C14H11ClN2O2S. The third-order valence-electron chi connectivity index (χ3n) is 2.66. The van der Waals surface area contributed by atoms with Crippen molar-refractivity contribution < 1.29 is 8.42 Å². The number of rotatable bonds is 4. The van der Waals surface area contributed by atoms with Gasteiger partial charge in [-0.15, -0.1) is 0 Å². The fourth-order valence-electron chi connectivity index (χ4n) is 1.64. The minimum absolute atomic E-state index is 0.170. The van der Waals surface area contributed by atoms with Gasteiger partial charge >= 0.3 is 0 Å². The van der Waals surface area contributed by atoms with E-state index < -0.39 is 9.84 Å². The largest absolute Gasteiger partial charge is 0.372 e. The van der Waals surface area contributed by atoms with Crippen molar-refractivity contribution in [2.45, 2.75) is 9.79 Å². The second-order valence-electron chi connectivity index (χ2n) is 3.99. The predicted octanol–water partition coefficient (Wildman–Crippen LogP) is 3.11. The number of nitrogens with zero attached hydrogens (tertiary/aromatic N) is 1. The molecule has 0 radical (unpaired) electrons. The second-order valence-corrected chi connectivity index (χ2v) is 6.38. The van der Waals surface area contributed by atoms with Gasteiger partial charge in [0.1, 0.15) is 6.54 Å². The molecule has 0 amide bonds. The molecule has 2 rings (SSSR count). The number of sulfone groups is 1. The van der Waals surface area contributed by atoms with Crippen LogP contribution in [0.15, 0.2) is 58.3 Å². The maximum atomic E-state index is 12.4. The zero-order valence-corrected chi connectivity index (χ0v) is 11.9. The Morgan fingerprint density at radius 2 is 1.50 bits per heavy atom. The van der Waals surface area contributed by atoms with E-state index in [0.29, 0.717) is 10.7 Å². The first-order chi connectivity index (χ1) is 9.54. The molecule has 0 saturated carbocycles. The van der Waals surface area contributed by atoms with Crippen LogP contribution in [0.5, 0.6) is 0 Å². The third-order valence-corrected chi connectivity index (χ3v) is 4.70. The van der Waals surface area contributed by atoms with Crippen LogP contribution >= 0.6 is 11.6 Å². The Morgan fingerprint density at radius 1 is 1.00 bits per heavy atom. The molecule has 2 aromatic carbocycles. The number of hydrogen-bond acceptors (Lipinski definition) is 4. The summed E-state index contributed by atoms with van der Waals surface area (Å²) in [5.41, 5.74) is 0.696. The average Bonchev–Trinajstić information content (AvgIpc) is 2.46. The summed E-state index contributed by atoms with van der Waals surface area (Å²) in [6.07, 6.45) is 0. The lowest BCUT2D eigenvalue weighted by Crippen LogP contribution is -2.03. The summed E-state index contributed by atoms with van der Waals surface area (Å²) in [5.74, 6) is 0. The second kappa shape index (κ2) is 5.95. The normalized spacial score (nSPS) is 10.8. The molecule has 20 heavy (non-hydrogen) atoms. The molecule has 0 aliphatic rings. The molecule has 0 atom stereocenters. The molecule has 6 heteroatoms. The van der Waals surface area contributed by atoms with E-state index >= 15 is 0 Å². The van der Waals surface area contributed by atoms with Gasteiger partial charge < -0.3 is 5.32 Å². The maximum Gasteiger partial charge on any atom is 0.206 e. The van der Waals surface area contributed by atoms with Crippen molar-refractivity contribution in [3.8, 4) is 6.07 Å². The van der Waals surface area contributed by atoms with Gasteiger partial charge in [0.15, 0.2) is 0 Å². The molecular weight excluding hydrogens is 296 g/mol. The summed E-state index contributed by atoms with van der Waals surface area (Å²) >= 11 is 5.75. The number of benzene rings is 2. The van der Waals surface area contributed by atoms with Gasteiger partial charge in [-0.05, 0) is 48.5 Å². The van der Waals surface area contributed by atoms with E-state index in [9.17, 15) is 8.42 Å². The topological polar surface area (TPSA) is 70.0 Å². The summed E-state index contributed by atoms with van der Waals surface area (Å²) in [4.78, 5) is 0.391. The monoisotopic (exact) mass is 306 g/mol. The molecule has 0 heterocycles. The molecule has 0 spiro atoms. The lowest BCUT2D eigenvalue weighted by atomic mass is 10.3. The first-order valence-corrected chi connectivity index (χ1v) is 7.62. The molecule has 0 fully saturated rings. The zero-order chi connectivity index (χ0) is 14.6. The Morgan fingerprint density at radius 3 is 2.00 bits per heavy atom. The quantitative estimate of drug-likeness (QED) is 0.881. The molecule has 0 unspecified atom stereocenters. The Labute approximate surface area is 122 Å². The number of hydrogen-bond donors (Lipinski definition) is 1. The summed E-state index contributed by atoms with van der Waals surface area (Å²) in [6.45, 7) is 0.170. The van der Waals surface area contributed by atoms with Crippen LogP contribution in [-0.2, 0) is 9.84 Å². The minimum atomic E-state index is -3.54. The summed E-state index contributed by atoms with van der Waals surface area (Å²) in [6, 6.07) is 14.2. The number of anilines is 1. The van der Waals surface area contributed by atoms with Gasteiger partial charge in [-0.3, -0.25) is 0 Å². The smallest absolute Gasteiger partial charge is 0.206 e. The van der Waals surface area contributed by atoms with Crippen molar-refractivity contribution >= 4 is 27.1 Å². The van der Waals surface area contributed by atoms with Crippen molar-refractivity contribution in [1.29, 1.82) is 5.26 Å². The summed E-state index contributed by atoms with van der Waals surface area (Å²) in [5, 5.41) is 11.8. The Bertz CT molecular complexity index is 732. The molecule has 0 aliphatic carbocycles. The van der Waals surface area contributed by atoms with Crippen molar-refractivity contribution in [2.24, 2.45) is 0 Å². The number of nitriles is 1. The highest BCUT2D eigenvalue weighted by atomic mass is 35.5. The van der Waals surface area contributed by atoms with E-state index in [0.717, 1.165) is 0 Å². The SMILES string of the molecule is N#CCNc1ccc(S(=O)(=O)c2ccc(Cl)cc2)cc1. The third kappa shape index (κ3) is 3.10. The Balaban J connectivity index is 2.30. The minimum Gasteiger partial charge on any atom is -0.372 e. The van der Waals surface area contributed by atoms with E-state index in [-0.39, 0.29) is 16.3 Å². The molecule has 0 aliphatic heterocycles.